The van der Waals surface area contributed by atoms with Crippen molar-refractivity contribution in [3.8, 4) is 5.88 Å². The number of carbonyl (C=O) groups is 1. The van der Waals surface area contributed by atoms with Gasteiger partial charge in [-0.1, -0.05) is 0 Å². The standard InChI is InChI=1S/C23H29F3N6O4/c1-34-21-18(23(24,25)26)12-32(14-29-21)31-7-3-19-17(11-31)20(28-13-27-19)36-16-2-6-30(10-16)22(33)15-4-8-35-9-5-15/h12-13,15-16H,2-11,14H2,1H3. The van der Waals surface area contributed by atoms with Crippen molar-refractivity contribution in [3.63, 3.8) is 0 Å². The molecule has 10 nitrogen and oxygen atoms in total. The van der Waals surface area contributed by atoms with Crippen molar-refractivity contribution in [2.75, 3.05) is 46.6 Å². The summed E-state index contributed by atoms with van der Waals surface area (Å²) in [5.74, 6) is 0.129. The SMILES string of the molecule is COC1=NCN(N2CCc3ncnc(OC4CCN(C(=O)C5CCOCC5)C4)c3C2)C=C1C(F)(F)F. The Morgan fingerprint density at radius 3 is 2.72 bits per heavy atom. The predicted molar refractivity (Wildman–Crippen MR) is 121 cm³/mol. The summed E-state index contributed by atoms with van der Waals surface area (Å²) in [7, 11) is 1.17. The van der Waals surface area contributed by atoms with E-state index in [0.717, 1.165) is 30.3 Å². The molecule has 0 bridgehead atoms. The summed E-state index contributed by atoms with van der Waals surface area (Å²) in [5.41, 5.74) is 0.618. The number of aliphatic imine (C=N–C) groups is 1. The normalized spacial score (nSPS) is 23.7. The molecule has 1 atom stereocenters. The lowest BCUT2D eigenvalue weighted by molar-refractivity contribution is -0.137. The van der Waals surface area contributed by atoms with E-state index < -0.39 is 17.6 Å². The first-order chi connectivity index (χ1) is 17.3. The summed E-state index contributed by atoms with van der Waals surface area (Å²) in [6, 6.07) is 0. The fourth-order valence-corrected chi connectivity index (χ4v) is 5.01. The molecule has 13 heteroatoms. The Labute approximate surface area is 206 Å². The lowest BCUT2D eigenvalue weighted by Gasteiger charge is -2.38. The third-order valence-electron chi connectivity index (χ3n) is 6.98. The second-order valence-corrected chi connectivity index (χ2v) is 9.23. The number of likely N-dealkylation sites (tertiary alicyclic amines) is 1. The molecular formula is C23H29F3N6O4. The first kappa shape index (κ1) is 24.8. The summed E-state index contributed by atoms with van der Waals surface area (Å²) < 4.78 is 56.9. The van der Waals surface area contributed by atoms with Gasteiger partial charge in [-0.3, -0.25) is 9.80 Å². The maximum Gasteiger partial charge on any atom is 0.423 e. The number of nitrogens with zero attached hydrogens (tertiary/aromatic N) is 6. The van der Waals surface area contributed by atoms with Crippen LogP contribution in [0.1, 0.15) is 30.5 Å². The summed E-state index contributed by atoms with van der Waals surface area (Å²) in [6.45, 7) is 3.09. The molecule has 1 unspecified atom stereocenters. The molecule has 2 saturated heterocycles. The minimum absolute atomic E-state index is 0.00154. The number of methoxy groups -OCH3 is 1. The number of halogens is 3. The van der Waals surface area contributed by atoms with Crippen molar-refractivity contribution in [1.82, 2.24) is 24.9 Å². The van der Waals surface area contributed by atoms with Gasteiger partial charge in [0, 0.05) is 51.3 Å². The van der Waals surface area contributed by atoms with Gasteiger partial charge in [-0.15, -0.1) is 0 Å². The predicted octanol–water partition coefficient (Wildman–Crippen LogP) is 1.92. The first-order valence-electron chi connectivity index (χ1n) is 12.1. The molecule has 0 N–H and O–H groups in total. The topological polar surface area (TPSA) is 92.6 Å². The van der Waals surface area contributed by atoms with Gasteiger partial charge in [-0.25, -0.2) is 20.0 Å². The number of hydrogen-bond donors (Lipinski definition) is 0. The van der Waals surface area contributed by atoms with Crippen LogP contribution in [-0.2, 0) is 27.2 Å². The van der Waals surface area contributed by atoms with Gasteiger partial charge in [-0.2, -0.15) is 13.2 Å². The quantitative estimate of drug-likeness (QED) is 0.607. The largest absolute Gasteiger partial charge is 0.481 e. The van der Waals surface area contributed by atoms with Crippen LogP contribution in [-0.4, -0.2) is 95.6 Å². The Kier molecular flexibility index (Phi) is 7.02. The number of carbonyl (C=O) groups excluding carboxylic acids is 1. The number of rotatable bonds is 4. The van der Waals surface area contributed by atoms with Crippen molar-refractivity contribution < 1.29 is 32.2 Å². The molecule has 0 radical (unpaired) electrons. The van der Waals surface area contributed by atoms with Gasteiger partial charge in [0.2, 0.25) is 17.7 Å². The summed E-state index contributed by atoms with van der Waals surface area (Å²) in [6.07, 6.45) is 0.382. The monoisotopic (exact) mass is 510 g/mol. The molecule has 2 fully saturated rings. The van der Waals surface area contributed by atoms with Crippen molar-refractivity contribution in [2.45, 2.75) is 44.5 Å². The van der Waals surface area contributed by atoms with E-state index in [2.05, 4.69) is 15.0 Å². The van der Waals surface area contributed by atoms with E-state index in [1.165, 1.54) is 18.4 Å². The lowest BCUT2D eigenvalue weighted by Crippen LogP contribution is -2.45. The number of aromatic nitrogens is 2. The molecule has 1 aromatic heterocycles. The number of amides is 1. The number of hydrazine groups is 1. The van der Waals surface area contributed by atoms with Crippen molar-refractivity contribution >= 4 is 11.8 Å². The number of alkyl halides is 3. The molecule has 4 aliphatic rings. The molecular weight excluding hydrogens is 481 g/mol. The van der Waals surface area contributed by atoms with E-state index in [-0.39, 0.29) is 31.1 Å². The van der Waals surface area contributed by atoms with Crippen LogP contribution in [0.2, 0.25) is 0 Å². The number of hydrogen-bond acceptors (Lipinski definition) is 9. The van der Waals surface area contributed by atoms with Crippen molar-refractivity contribution in [2.24, 2.45) is 10.9 Å². The lowest BCUT2D eigenvalue weighted by atomic mass is 9.99. The maximum absolute atomic E-state index is 13.5. The maximum atomic E-state index is 13.5. The van der Waals surface area contributed by atoms with E-state index in [9.17, 15) is 18.0 Å². The van der Waals surface area contributed by atoms with Gasteiger partial charge in [0.15, 0.2) is 0 Å². The van der Waals surface area contributed by atoms with E-state index in [4.69, 9.17) is 14.2 Å². The summed E-state index contributed by atoms with van der Waals surface area (Å²) >= 11 is 0. The minimum Gasteiger partial charge on any atom is -0.481 e. The Morgan fingerprint density at radius 2 is 1.97 bits per heavy atom. The van der Waals surface area contributed by atoms with Gasteiger partial charge < -0.3 is 19.1 Å². The van der Waals surface area contributed by atoms with Gasteiger partial charge >= 0.3 is 6.18 Å². The van der Waals surface area contributed by atoms with Crippen LogP contribution in [0.4, 0.5) is 13.2 Å². The van der Waals surface area contributed by atoms with Gasteiger partial charge in [0.05, 0.1) is 31.5 Å². The second-order valence-electron chi connectivity index (χ2n) is 9.23. The van der Waals surface area contributed by atoms with E-state index in [1.807, 2.05) is 4.90 Å². The highest BCUT2D eigenvalue weighted by molar-refractivity contribution is 5.95. The van der Waals surface area contributed by atoms with Crippen molar-refractivity contribution in [1.29, 1.82) is 0 Å². The Hall–Kier alpha value is -2.93. The first-order valence-corrected chi connectivity index (χ1v) is 12.1. The summed E-state index contributed by atoms with van der Waals surface area (Å²) in [5, 5.41) is 3.21. The minimum atomic E-state index is -4.59. The van der Waals surface area contributed by atoms with Crippen LogP contribution < -0.4 is 4.74 Å². The zero-order valence-electron chi connectivity index (χ0n) is 20.0. The third kappa shape index (κ3) is 5.12. The van der Waals surface area contributed by atoms with E-state index in [0.29, 0.717) is 51.6 Å². The Balaban J connectivity index is 1.26. The molecule has 4 aliphatic heterocycles. The Morgan fingerprint density at radius 1 is 1.17 bits per heavy atom. The zero-order valence-corrected chi connectivity index (χ0v) is 20.0. The highest BCUT2D eigenvalue weighted by Crippen LogP contribution is 2.32. The second kappa shape index (κ2) is 10.2. The van der Waals surface area contributed by atoms with Crippen LogP contribution in [0, 0.1) is 5.92 Å². The average Bonchev–Trinajstić information content (AvgIpc) is 3.36. The van der Waals surface area contributed by atoms with Crippen LogP contribution in [0.15, 0.2) is 23.1 Å². The molecule has 0 aliphatic carbocycles. The van der Waals surface area contributed by atoms with Crippen LogP contribution in [0.5, 0.6) is 5.88 Å². The summed E-state index contributed by atoms with van der Waals surface area (Å²) in [4.78, 5) is 27.4. The smallest absolute Gasteiger partial charge is 0.423 e. The molecule has 0 spiro atoms. The molecule has 5 rings (SSSR count). The molecule has 0 aromatic carbocycles. The van der Waals surface area contributed by atoms with Gasteiger partial charge in [0.1, 0.15) is 24.7 Å². The highest BCUT2D eigenvalue weighted by atomic mass is 19.4. The molecule has 0 saturated carbocycles. The highest BCUT2D eigenvalue weighted by Gasteiger charge is 2.41. The van der Waals surface area contributed by atoms with Crippen LogP contribution in [0.25, 0.3) is 0 Å². The number of fused-ring (bicyclic) bond motifs is 1. The van der Waals surface area contributed by atoms with Crippen LogP contribution in [0.3, 0.4) is 0 Å². The molecule has 1 amide bonds. The van der Waals surface area contributed by atoms with Gasteiger partial charge in [0.25, 0.3) is 0 Å². The fraction of sp³-hybridized carbons (Fsp3) is 0.652. The fourth-order valence-electron chi connectivity index (χ4n) is 5.01. The van der Waals surface area contributed by atoms with E-state index in [1.54, 1.807) is 5.01 Å². The molecule has 196 valence electrons. The van der Waals surface area contributed by atoms with E-state index >= 15 is 0 Å². The third-order valence-corrected chi connectivity index (χ3v) is 6.98. The molecule has 1 aromatic rings. The number of ether oxygens (including phenoxy) is 3. The molecule has 5 heterocycles. The van der Waals surface area contributed by atoms with Crippen molar-refractivity contribution in [3.05, 3.63) is 29.4 Å². The zero-order chi connectivity index (χ0) is 25.3. The van der Waals surface area contributed by atoms with Crippen LogP contribution >= 0.6 is 0 Å². The van der Waals surface area contributed by atoms with Gasteiger partial charge in [-0.05, 0) is 12.8 Å². The molecule has 36 heavy (non-hydrogen) atoms. The Bertz CT molecular complexity index is 1040. The average molecular weight is 511 g/mol.